The minimum absolute atomic E-state index is 0.0437. The molecule has 7 heteroatoms. The lowest BCUT2D eigenvalue weighted by atomic mass is 10.1. The molecular weight excluding hydrogens is 356 g/mol. The van der Waals surface area contributed by atoms with Crippen molar-refractivity contribution in [2.45, 2.75) is 54.6 Å². The van der Waals surface area contributed by atoms with Crippen LogP contribution in [0.3, 0.4) is 0 Å². The van der Waals surface area contributed by atoms with E-state index in [-0.39, 0.29) is 15.7 Å². The lowest BCUT2D eigenvalue weighted by Crippen LogP contribution is -2.20. The Morgan fingerprint density at radius 2 is 2.00 bits per heavy atom. The van der Waals surface area contributed by atoms with Gasteiger partial charge in [0.05, 0.1) is 20.6 Å². The van der Waals surface area contributed by atoms with Crippen LogP contribution in [0.1, 0.15) is 49.0 Å². The van der Waals surface area contributed by atoms with Crippen LogP contribution >= 0.6 is 11.6 Å². The maximum Gasteiger partial charge on any atom is 0.252 e. The lowest BCUT2D eigenvalue weighted by Gasteiger charge is -2.18. The van der Waals surface area contributed by atoms with Crippen molar-refractivity contribution in [3.63, 3.8) is 0 Å². The van der Waals surface area contributed by atoms with Gasteiger partial charge in [-0.05, 0) is 54.5 Å². The summed E-state index contributed by atoms with van der Waals surface area (Å²) in [5.41, 5.74) is 0.807. The summed E-state index contributed by atoms with van der Waals surface area (Å²) in [6.07, 6.45) is 4.42. The number of halogens is 1. The minimum Gasteiger partial charge on any atom is -0.276 e. The van der Waals surface area contributed by atoms with Gasteiger partial charge < -0.3 is 0 Å². The van der Waals surface area contributed by atoms with Gasteiger partial charge in [0, 0.05) is 17.1 Å². The fraction of sp³-hybridized carbons (Fsp3) is 0.562. The summed E-state index contributed by atoms with van der Waals surface area (Å²) in [5.74, 6) is 0.294. The van der Waals surface area contributed by atoms with Gasteiger partial charge in [0.2, 0.25) is 0 Å². The van der Waals surface area contributed by atoms with Crippen LogP contribution in [0.2, 0.25) is 0 Å². The standard InChI is InChI=1S/C16H21ClO4S2/c1-4-11-8-14(22(19)13-7-5-6-10(13)2)15(23(3,20)21)9-12(11)16(17)18/h8-10,13H,4-7H2,1-3H3. The summed E-state index contributed by atoms with van der Waals surface area (Å²) in [6, 6.07) is 2.88. The zero-order valence-electron chi connectivity index (χ0n) is 13.5. The summed E-state index contributed by atoms with van der Waals surface area (Å²) >= 11 is 5.58. The van der Waals surface area contributed by atoms with Gasteiger partial charge in [0.15, 0.2) is 9.84 Å². The number of hydrogen-bond acceptors (Lipinski definition) is 4. The fourth-order valence-electron chi connectivity index (χ4n) is 3.12. The number of carbonyl (C=O) groups is 1. The number of hydrogen-bond donors (Lipinski definition) is 0. The average Bonchev–Trinajstić information content (AvgIpc) is 2.90. The fourth-order valence-corrected chi connectivity index (χ4v) is 6.53. The van der Waals surface area contributed by atoms with Crippen LogP contribution in [0.4, 0.5) is 0 Å². The summed E-state index contributed by atoms with van der Waals surface area (Å²) in [5, 5.41) is -0.740. The van der Waals surface area contributed by atoms with Crippen molar-refractivity contribution < 1.29 is 17.4 Å². The summed E-state index contributed by atoms with van der Waals surface area (Å²) < 4.78 is 37.3. The molecule has 1 saturated carbocycles. The molecule has 0 radical (unpaired) electrons. The second-order valence-electron chi connectivity index (χ2n) is 6.10. The Balaban J connectivity index is 2.66. The van der Waals surface area contributed by atoms with E-state index in [1.807, 2.05) is 13.8 Å². The SMILES string of the molecule is CCc1cc(S(=O)C2CCCC2C)c(S(C)(=O)=O)cc1C(=O)Cl. The first-order valence-electron chi connectivity index (χ1n) is 7.64. The van der Waals surface area contributed by atoms with Crippen LogP contribution in [0.25, 0.3) is 0 Å². The van der Waals surface area contributed by atoms with Crippen molar-refractivity contribution in [1.29, 1.82) is 0 Å². The second-order valence-corrected chi connectivity index (χ2v) is 10.1. The van der Waals surface area contributed by atoms with E-state index in [4.69, 9.17) is 11.6 Å². The van der Waals surface area contributed by atoms with Gasteiger partial charge >= 0.3 is 0 Å². The van der Waals surface area contributed by atoms with Gasteiger partial charge in [-0.15, -0.1) is 0 Å². The normalized spacial score (nSPS) is 23.0. The van der Waals surface area contributed by atoms with Gasteiger partial charge in [-0.3, -0.25) is 9.00 Å². The molecule has 0 bridgehead atoms. The van der Waals surface area contributed by atoms with Crippen molar-refractivity contribution in [3.8, 4) is 0 Å². The first-order valence-corrected chi connectivity index (χ1v) is 11.1. The Labute approximate surface area is 145 Å². The third-order valence-electron chi connectivity index (χ3n) is 4.44. The van der Waals surface area contributed by atoms with E-state index >= 15 is 0 Å². The van der Waals surface area contributed by atoms with Crippen molar-refractivity contribution in [2.75, 3.05) is 6.26 Å². The molecule has 1 fully saturated rings. The molecule has 1 aliphatic rings. The van der Waals surface area contributed by atoms with Crippen molar-refractivity contribution in [3.05, 3.63) is 23.3 Å². The number of carbonyl (C=O) groups excluding carboxylic acids is 1. The highest BCUT2D eigenvalue weighted by Crippen LogP contribution is 2.35. The molecule has 3 unspecified atom stereocenters. The minimum atomic E-state index is -3.61. The molecule has 0 spiro atoms. The Morgan fingerprint density at radius 3 is 2.43 bits per heavy atom. The van der Waals surface area contributed by atoms with E-state index in [9.17, 15) is 17.4 Å². The third-order valence-corrected chi connectivity index (χ3v) is 7.93. The Hall–Kier alpha value is -0.720. The molecule has 0 saturated heterocycles. The van der Waals surface area contributed by atoms with Crippen molar-refractivity contribution in [1.82, 2.24) is 0 Å². The van der Waals surface area contributed by atoms with Crippen LogP contribution in [-0.4, -0.2) is 29.4 Å². The molecule has 0 aliphatic heterocycles. The number of benzene rings is 1. The van der Waals surface area contributed by atoms with Crippen molar-refractivity contribution >= 4 is 37.5 Å². The van der Waals surface area contributed by atoms with E-state index in [0.29, 0.717) is 22.8 Å². The highest BCUT2D eigenvalue weighted by Gasteiger charge is 2.32. The highest BCUT2D eigenvalue weighted by molar-refractivity contribution is 7.92. The van der Waals surface area contributed by atoms with Crippen LogP contribution in [0.15, 0.2) is 21.9 Å². The van der Waals surface area contributed by atoms with E-state index in [0.717, 1.165) is 25.5 Å². The van der Waals surface area contributed by atoms with E-state index in [1.54, 1.807) is 6.07 Å². The smallest absolute Gasteiger partial charge is 0.252 e. The molecule has 0 amide bonds. The maximum absolute atomic E-state index is 13.0. The van der Waals surface area contributed by atoms with Crippen LogP contribution in [-0.2, 0) is 27.1 Å². The van der Waals surface area contributed by atoms with Crippen molar-refractivity contribution in [2.24, 2.45) is 5.92 Å². The van der Waals surface area contributed by atoms with Gasteiger partial charge in [-0.25, -0.2) is 8.42 Å². The first-order chi connectivity index (χ1) is 10.7. The molecule has 0 N–H and O–H groups in total. The lowest BCUT2D eigenvalue weighted by molar-refractivity contribution is 0.108. The third kappa shape index (κ3) is 3.86. The maximum atomic E-state index is 13.0. The largest absolute Gasteiger partial charge is 0.276 e. The topological polar surface area (TPSA) is 68.3 Å². The van der Waals surface area contributed by atoms with E-state index in [1.165, 1.54) is 6.07 Å². The van der Waals surface area contributed by atoms with Crippen LogP contribution in [0, 0.1) is 5.92 Å². The molecule has 3 atom stereocenters. The van der Waals surface area contributed by atoms with Gasteiger partial charge in [0.25, 0.3) is 5.24 Å². The Kier molecular flexibility index (Phi) is 5.69. The van der Waals surface area contributed by atoms with Crippen LogP contribution < -0.4 is 0 Å². The Morgan fingerprint density at radius 1 is 1.35 bits per heavy atom. The monoisotopic (exact) mass is 376 g/mol. The molecule has 0 aromatic heterocycles. The molecule has 1 aromatic rings. The molecule has 0 heterocycles. The average molecular weight is 377 g/mol. The zero-order valence-corrected chi connectivity index (χ0v) is 15.9. The molecular formula is C16H21ClO4S2. The summed E-state index contributed by atoms with van der Waals surface area (Å²) in [7, 11) is -5.02. The van der Waals surface area contributed by atoms with E-state index < -0.39 is 25.9 Å². The zero-order chi connectivity index (χ0) is 17.4. The first kappa shape index (κ1) is 18.6. The predicted molar refractivity (Wildman–Crippen MR) is 92.3 cm³/mol. The molecule has 1 aliphatic carbocycles. The second kappa shape index (κ2) is 7.03. The Bertz CT molecular complexity index is 756. The van der Waals surface area contributed by atoms with Gasteiger partial charge in [0.1, 0.15) is 0 Å². The molecule has 4 nitrogen and oxygen atoms in total. The number of rotatable bonds is 5. The number of aryl methyl sites for hydroxylation is 1. The molecule has 1 aromatic carbocycles. The number of sulfone groups is 1. The molecule has 23 heavy (non-hydrogen) atoms. The van der Waals surface area contributed by atoms with Crippen LogP contribution in [0.5, 0.6) is 0 Å². The molecule has 2 rings (SSSR count). The quantitative estimate of drug-likeness (QED) is 0.739. The van der Waals surface area contributed by atoms with Gasteiger partial charge in [-0.2, -0.15) is 0 Å². The van der Waals surface area contributed by atoms with E-state index in [2.05, 4.69) is 0 Å². The molecule has 128 valence electrons. The summed E-state index contributed by atoms with van der Waals surface area (Å²) in [6.45, 7) is 3.90. The predicted octanol–water partition coefficient (Wildman–Crippen LogP) is 3.33. The highest BCUT2D eigenvalue weighted by atomic mass is 35.5. The van der Waals surface area contributed by atoms with Gasteiger partial charge in [-0.1, -0.05) is 20.3 Å². The summed E-state index contributed by atoms with van der Waals surface area (Å²) in [4.78, 5) is 11.9.